The molecule has 2 aromatic rings. The summed E-state index contributed by atoms with van der Waals surface area (Å²) in [4.78, 5) is 32.4. The quantitative estimate of drug-likeness (QED) is 0.785. The zero-order valence-corrected chi connectivity index (χ0v) is 8.60. The maximum atomic E-state index is 11.0. The fourth-order valence-electron chi connectivity index (χ4n) is 1.53. The van der Waals surface area contributed by atoms with E-state index in [0.29, 0.717) is 34.5 Å². The number of H-pyrrole nitrogens is 1. The Labute approximate surface area is 91.6 Å². The molecule has 2 aromatic heterocycles. The fourth-order valence-corrected chi connectivity index (χ4v) is 1.53. The van der Waals surface area contributed by atoms with Crippen LogP contribution in [0.1, 0.15) is 26.4 Å². The zero-order chi connectivity index (χ0) is 11.5. The molecule has 16 heavy (non-hydrogen) atoms. The van der Waals surface area contributed by atoms with E-state index in [0.717, 1.165) is 6.29 Å². The van der Waals surface area contributed by atoms with Gasteiger partial charge >= 0.3 is 0 Å². The van der Waals surface area contributed by atoms with Crippen LogP contribution in [0, 0.1) is 6.92 Å². The lowest BCUT2D eigenvalue weighted by Gasteiger charge is -1.97. The number of aromatic nitrogens is 3. The minimum Gasteiger partial charge on any atom is -0.350 e. The third-order valence-corrected chi connectivity index (χ3v) is 2.41. The van der Waals surface area contributed by atoms with E-state index < -0.39 is 0 Å². The highest BCUT2D eigenvalue weighted by Crippen LogP contribution is 2.23. The molecule has 0 saturated heterocycles. The molecule has 0 aromatic carbocycles. The van der Waals surface area contributed by atoms with Gasteiger partial charge in [-0.3, -0.25) is 9.59 Å². The van der Waals surface area contributed by atoms with Crippen molar-refractivity contribution >= 4 is 12.6 Å². The molecular weight excluding hydrogens is 206 g/mol. The number of nitrogens with one attached hydrogen (secondary N) is 1. The van der Waals surface area contributed by atoms with Crippen LogP contribution >= 0.6 is 0 Å². The minimum atomic E-state index is 0.399. The van der Waals surface area contributed by atoms with Crippen LogP contribution < -0.4 is 0 Å². The SMILES string of the molecule is Cc1c(C=O)[nH]c(-c2ccncn2)c1C=O. The fraction of sp³-hybridized carbons (Fsp3) is 0.0909. The van der Waals surface area contributed by atoms with Crippen molar-refractivity contribution in [3.05, 3.63) is 35.4 Å². The molecule has 0 aliphatic heterocycles. The number of hydrogen-bond acceptors (Lipinski definition) is 4. The highest BCUT2D eigenvalue weighted by molar-refractivity contribution is 5.92. The van der Waals surface area contributed by atoms with E-state index in [1.807, 2.05) is 0 Å². The maximum absolute atomic E-state index is 11.0. The average Bonchev–Trinajstić information content (AvgIpc) is 2.66. The van der Waals surface area contributed by atoms with Crippen LogP contribution in [0.15, 0.2) is 18.6 Å². The summed E-state index contributed by atoms with van der Waals surface area (Å²) in [5.41, 5.74) is 2.64. The van der Waals surface area contributed by atoms with Crippen LogP contribution in [0.3, 0.4) is 0 Å². The molecule has 2 rings (SSSR count). The lowest BCUT2D eigenvalue weighted by molar-refractivity contribution is 0.111. The Morgan fingerprint density at radius 1 is 1.31 bits per heavy atom. The first-order chi connectivity index (χ1) is 7.77. The van der Waals surface area contributed by atoms with Crippen molar-refractivity contribution < 1.29 is 9.59 Å². The molecule has 0 amide bonds. The lowest BCUT2D eigenvalue weighted by Crippen LogP contribution is -1.89. The Balaban J connectivity index is 2.65. The summed E-state index contributed by atoms with van der Waals surface area (Å²) in [6, 6.07) is 1.67. The summed E-state index contributed by atoms with van der Waals surface area (Å²) in [5.74, 6) is 0. The van der Waals surface area contributed by atoms with E-state index in [-0.39, 0.29) is 0 Å². The molecule has 0 bridgehead atoms. The van der Waals surface area contributed by atoms with E-state index in [9.17, 15) is 9.59 Å². The third-order valence-electron chi connectivity index (χ3n) is 2.41. The molecule has 5 nitrogen and oxygen atoms in total. The van der Waals surface area contributed by atoms with Crippen LogP contribution in [0.4, 0.5) is 0 Å². The van der Waals surface area contributed by atoms with Crippen LogP contribution in [0.2, 0.25) is 0 Å². The molecule has 2 heterocycles. The molecule has 0 fully saturated rings. The molecule has 0 aliphatic carbocycles. The second kappa shape index (κ2) is 4.06. The van der Waals surface area contributed by atoms with Gasteiger partial charge in [0.15, 0.2) is 12.6 Å². The Morgan fingerprint density at radius 2 is 2.12 bits per heavy atom. The van der Waals surface area contributed by atoms with Crippen LogP contribution in [0.5, 0.6) is 0 Å². The van der Waals surface area contributed by atoms with Gasteiger partial charge < -0.3 is 4.98 Å². The van der Waals surface area contributed by atoms with Gasteiger partial charge in [-0.05, 0) is 18.6 Å². The summed E-state index contributed by atoms with van der Waals surface area (Å²) in [5, 5.41) is 0. The van der Waals surface area contributed by atoms with E-state index in [4.69, 9.17) is 0 Å². The number of carbonyl (C=O) groups excluding carboxylic acids is 2. The lowest BCUT2D eigenvalue weighted by atomic mass is 10.1. The molecule has 5 heteroatoms. The van der Waals surface area contributed by atoms with Gasteiger partial charge in [0.25, 0.3) is 0 Å². The number of carbonyl (C=O) groups is 2. The Morgan fingerprint density at radius 3 is 2.69 bits per heavy atom. The summed E-state index contributed by atoms with van der Waals surface area (Å²) < 4.78 is 0. The van der Waals surface area contributed by atoms with Crippen LogP contribution in [0.25, 0.3) is 11.4 Å². The van der Waals surface area contributed by atoms with E-state index in [2.05, 4.69) is 15.0 Å². The van der Waals surface area contributed by atoms with Crippen molar-refractivity contribution in [2.45, 2.75) is 6.92 Å². The van der Waals surface area contributed by atoms with Crippen molar-refractivity contribution in [3.8, 4) is 11.4 Å². The number of rotatable bonds is 3. The van der Waals surface area contributed by atoms with Gasteiger partial charge in [0.05, 0.1) is 17.1 Å². The van der Waals surface area contributed by atoms with E-state index >= 15 is 0 Å². The highest BCUT2D eigenvalue weighted by atomic mass is 16.1. The average molecular weight is 215 g/mol. The molecule has 1 N–H and O–H groups in total. The normalized spacial score (nSPS) is 10.1. The van der Waals surface area contributed by atoms with Gasteiger partial charge in [0.2, 0.25) is 0 Å². The number of aromatic amines is 1. The third kappa shape index (κ3) is 1.52. The maximum Gasteiger partial charge on any atom is 0.166 e. The van der Waals surface area contributed by atoms with Gasteiger partial charge in [-0.25, -0.2) is 9.97 Å². The molecular formula is C11H9N3O2. The van der Waals surface area contributed by atoms with Gasteiger partial charge in [-0.1, -0.05) is 0 Å². The topological polar surface area (TPSA) is 75.7 Å². The van der Waals surface area contributed by atoms with Gasteiger partial charge in [-0.2, -0.15) is 0 Å². The first-order valence-corrected chi connectivity index (χ1v) is 4.67. The Hall–Kier alpha value is -2.30. The number of nitrogens with zero attached hydrogens (tertiary/aromatic N) is 2. The Kier molecular flexibility index (Phi) is 2.59. The molecule has 0 spiro atoms. The molecule has 80 valence electrons. The van der Waals surface area contributed by atoms with E-state index in [1.54, 1.807) is 19.2 Å². The van der Waals surface area contributed by atoms with Crippen molar-refractivity contribution in [3.63, 3.8) is 0 Å². The van der Waals surface area contributed by atoms with Crippen LogP contribution in [-0.4, -0.2) is 27.5 Å². The van der Waals surface area contributed by atoms with Crippen molar-refractivity contribution in [1.82, 2.24) is 15.0 Å². The van der Waals surface area contributed by atoms with Gasteiger partial charge in [-0.15, -0.1) is 0 Å². The predicted octanol–water partition coefficient (Wildman–Crippen LogP) is 1.41. The number of aldehydes is 2. The van der Waals surface area contributed by atoms with Gasteiger partial charge in [0.1, 0.15) is 6.33 Å². The monoisotopic (exact) mass is 215 g/mol. The smallest absolute Gasteiger partial charge is 0.166 e. The molecule has 0 atom stereocenters. The summed E-state index contributed by atoms with van der Waals surface area (Å²) in [6.07, 6.45) is 4.37. The summed E-state index contributed by atoms with van der Waals surface area (Å²) in [7, 11) is 0. The predicted molar refractivity (Wildman–Crippen MR) is 57.3 cm³/mol. The summed E-state index contributed by atoms with van der Waals surface area (Å²) in [6.45, 7) is 1.72. The first-order valence-electron chi connectivity index (χ1n) is 4.67. The molecule has 0 unspecified atom stereocenters. The van der Waals surface area contributed by atoms with Crippen molar-refractivity contribution in [1.29, 1.82) is 0 Å². The van der Waals surface area contributed by atoms with Crippen LogP contribution in [-0.2, 0) is 0 Å². The van der Waals surface area contributed by atoms with Crippen molar-refractivity contribution in [2.24, 2.45) is 0 Å². The van der Waals surface area contributed by atoms with Crippen molar-refractivity contribution in [2.75, 3.05) is 0 Å². The van der Waals surface area contributed by atoms with Gasteiger partial charge in [0, 0.05) is 11.8 Å². The molecule has 0 aliphatic rings. The summed E-state index contributed by atoms with van der Waals surface area (Å²) >= 11 is 0. The molecule has 0 radical (unpaired) electrons. The highest BCUT2D eigenvalue weighted by Gasteiger charge is 2.15. The molecule has 0 saturated carbocycles. The first kappa shape index (κ1) is 10.2. The Bertz CT molecular complexity index is 532. The number of hydrogen-bond donors (Lipinski definition) is 1. The zero-order valence-electron chi connectivity index (χ0n) is 8.60. The minimum absolute atomic E-state index is 0.399. The second-order valence-corrected chi connectivity index (χ2v) is 3.28. The standard InChI is InChI=1S/C11H9N3O2/c1-7-8(4-15)11(14-10(7)5-16)9-2-3-12-6-13-9/h2-6,14H,1H3. The largest absolute Gasteiger partial charge is 0.350 e. The van der Waals surface area contributed by atoms with E-state index in [1.165, 1.54) is 6.33 Å². The second-order valence-electron chi connectivity index (χ2n) is 3.28.